The lowest BCUT2D eigenvalue weighted by molar-refractivity contribution is 0.269. The van der Waals surface area contributed by atoms with Gasteiger partial charge in [-0.25, -0.2) is 0 Å². The van der Waals surface area contributed by atoms with E-state index in [0.717, 1.165) is 25.7 Å². The molecule has 0 saturated heterocycles. The fourth-order valence-electron chi connectivity index (χ4n) is 2.62. The number of fused-ring (bicyclic) bond motifs is 1. The topological polar surface area (TPSA) is 15.3 Å². The second kappa shape index (κ2) is 4.19. The molecule has 2 heteroatoms. The molecule has 1 fully saturated rings. The van der Waals surface area contributed by atoms with Gasteiger partial charge < -0.3 is 5.32 Å². The maximum Gasteiger partial charge on any atom is 0.0236 e. The molecule has 3 rings (SSSR count). The molecule has 1 aromatic rings. The Kier molecular flexibility index (Phi) is 2.70. The number of benzene rings is 1. The van der Waals surface area contributed by atoms with E-state index in [1.165, 1.54) is 36.1 Å². The molecule has 1 aliphatic carbocycles. The molecule has 0 spiro atoms. The van der Waals surface area contributed by atoms with Crippen molar-refractivity contribution in [3.05, 3.63) is 34.9 Å². The Hall–Kier alpha value is -0.860. The van der Waals surface area contributed by atoms with Crippen molar-refractivity contribution in [3.8, 4) is 0 Å². The number of hydrogen-bond donors (Lipinski definition) is 1. The summed E-state index contributed by atoms with van der Waals surface area (Å²) in [4.78, 5) is 2.60. The first-order valence-electron chi connectivity index (χ1n) is 6.42. The molecule has 1 saturated carbocycles. The third-order valence-electron chi connectivity index (χ3n) is 3.76. The Labute approximate surface area is 97.6 Å². The molecular formula is C14H20N2. The average Bonchev–Trinajstić information content (AvgIpc) is 3.04. The summed E-state index contributed by atoms with van der Waals surface area (Å²) in [6.45, 7) is 6.69. The van der Waals surface area contributed by atoms with Crippen LogP contribution in [0.3, 0.4) is 0 Å². The average molecular weight is 216 g/mol. The van der Waals surface area contributed by atoms with Gasteiger partial charge in [-0.1, -0.05) is 25.1 Å². The molecule has 0 unspecified atom stereocenters. The minimum absolute atomic E-state index is 0.872. The third-order valence-corrected chi connectivity index (χ3v) is 3.76. The number of nitrogens with zero attached hydrogens (tertiary/aromatic N) is 1. The van der Waals surface area contributed by atoms with Crippen LogP contribution < -0.4 is 5.32 Å². The predicted molar refractivity (Wildman–Crippen MR) is 66.1 cm³/mol. The summed E-state index contributed by atoms with van der Waals surface area (Å²) in [5.41, 5.74) is 4.47. The van der Waals surface area contributed by atoms with E-state index in [9.17, 15) is 0 Å². The fraction of sp³-hybridized carbons (Fsp3) is 0.571. The molecule has 1 aliphatic heterocycles. The molecule has 1 heterocycles. The van der Waals surface area contributed by atoms with E-state index in [1.807, 2.05) is 0 Å². The molecular weight excluding hydrogens is 196 g/mol. The van der Waals surface area contributed by atoms with Crippen LogP contribution in [-0.4, -0.2) is 17.5 Å². The van der Waals surface area contributed by atoms with Crippen LogP contribution >= 0.6 is 0 Å². The normalized spacial score (nSPS) is 19.1. The zero-order valence-corrected chi connectivity index (χ0v) is 10.00. The second-order valence-electron chi connectivity index (χ2n) is 5.00. The smallest absolute Gasteiger partial charge is 0.0236 e. The highest BCUT2D eigenvalue weighted by molar-refractivity contribution is 5.34. The van der Waals surface area contributed by atoms with Crippen molar-refractivity contribution in [2.24, 2.45) is 0 Å². The largest absolute Gasteiger partial charge is 0.309 e. The summed E-state index contributed by atoms with van der Waals surface area (Å²) in [6, 6.07) is 7.86. The van der Waals surface area contributed by atoms with Crippen molar-refractivity contribution in [3.63, 3.8) is 0 Å². The number of hydrogen-bond acceptors (Lipinski definition) is 2. The molecule has 0 atom stereocenters. The predicted octanol–water partition coefficient (Wildman–Crippen LogP) is 2.27. The van der Waals surface area contributed by atoms with Gasteiger partial charge in [0.05, 0.1) is 0 Å². The maximum absolute atomic E-state index is 3.40. The van der Waals surface area contributed by atoms with Gasteiger partial charge in [-0.3, -0.25) is 4.90 Å². The Bertz CT molecular complexity index is 382. The van der Waals surface area contributed by atoms with Crippen LogP contribution in [-0.2, 0) is 19.6 Å². The Morgan fingerprint density at radius 1 is 1.25 bits per heavy atom. The van der Waals surface area contributed by atoms with Crippen LogP contribution in [0.2, 0.25) is 0 Å². The maximum atomic E-state index is 3.40. The Morgan fingerprint density at radius 2 is 2.06 bits per heavy atom. The minimum Gasteiger partial charge on any atom is -0.309 e. The molecule has 86 valence electrons. The Balaban J connectivity index is 1.74. The summed E-state index contributed by atoms with van der Waals surface area (Å²) in [5, 5.41) is 3.40. The van der Waals surface area contributed by atoms with Gasteiger partial charge in [-0.2, -0.15) is 0 Å². The van der Waals surface area contributed by atoms with Crippen LogP contribution in [0.5, 0.6) is 0 Å². The van der Waals surface area contributed by atoms with E-state index in [2.05, 4.69) is 35.3 Å². The first-order valence-corrected chi connectivity index (χ1v) is 6.42. The van der Waals surface area contributed by atoms with E-state index in [4.69, 9.17) is 0 Å². The van der Waals surface area contributed by atoms with Crippen LogP contribution in [0.15, 0.2) is 18.2 Å². The van der Waals surface area contributed by atoms with Gasteiger partial charge in [0.15, 0.2) is 0 Å². The van der Waals surface area contributed by atoms with Crippen LogP contribution in [0.1, 0.15) is 36.5 Å². The van der Waals surface area contributed by atoms with Crippen LogP contribution in [0, 0.1) is 0 Å². The van der Waals surface area contributed by atoms with Crippen LogP contribution in [0.4, 0.5) is 0 Å². The molecule has 2 nitrogen and oxygen atoms in total. The first kappa shape index (κ1) is 10.3. The summed E-state index contributed by atoms with van der Waals surface area (Å²) < 4.78 is 0. The molecule has 1 aromatic carbocycles. The summed E-state index contributed by atoms with van der Waals surface area (Å²) >= 11 is 0. The monoisotopic (exact) mass is 216 g/mol. The molecule has 0 aromatic heterocycles. The van der Waals surface area contributed by atoms with Crippen molar-refractivity contribution >= 4 is 0 Å². The highest BCUT2D eigenvalue weighted by Crippen LogP contribution is 2.28. The van der Waals surface area contributed by atoms with E-state index in [1.54, 1.807) is 0 Å². The highest BCUT2D eigenvalue weighted by Gasteiger charge is 2.27. The minimum atomic E-state index is 0.872. The van der Waals surface area contributed by atoms with Crippen molar-refractivity contribution in [1.82, 2.24) is 10.2 Å². The molecule has 0 bridgehead atoms. The van der Waals surface area contributed by atoms with Gasteiger partial charge >= 0.3 is 0 Å². The first-order chi connectivity index (χ1) is 7.86. The van der Waals surface area contributed by atoms with Crippen molar-refractivity contribution in [2.75, 3.05) is 6.54 Å². The lowest BCUT2D eigenvalue weighted by Crippen LogP contribution is -2.25. The van der Waals surface area contributed by atoms with Gasteiger partial charge in [0.1, 0.15) is 0 Å². The van der Waals surface area contributed by atoms with Gasteiger partial charge in [-0.05, 0) is 36.1 Å². The zero-order chi connectivity index (χ0) is 11.0. The summed E-state index contributed by atoms with van der Waals surface area (Å²) in [5.74, 6) is 0. The van der Waals surface area contributed by atoms with Crippen LogP contribution in [0.25, 0.3) is 0 Å². The van der Waals surface area contributed by atoms with Crippen molar-refractivity contribution in [1.29, 1.82) is 0 Å². The lowest BCUT2D eigenvalue weighted by Gasteiger charge is -2.20. The van der Waals surface area contributed by atoms with Crippen molar-refractivity contribution in [2.45, 2.75) is 45.4 Å². The molecule has 0 amide bonds. The quantitative estimate of drug-likeness (QED) is 0.830. The van der Waals surface area contributed by atoms with E-state index < -0.39 is 0 Å². The Morgan fingerprint density at radius 3 is 2.81 bits per heavy atom. The SMILES string of the molecule is CCN(Cc1ccc2c(c1)CNC2)C1CC1. The van der Waals surface area contributed by atoms with Gasteiger partial charge in [-0.15, -0.1) is 0 Å². The molecule has 1 N–H and O–H groups in total. The summed E-state index contributed by atoms with van der Waals surface area (Å²) in [6.07, 6.45) is 2.81. The van der Waals surface area contributed by atoms with E-state index in [-0.39, 0.29) is 0 Å². The fourth-order valence-corrected chi connectivity index (χ4v) is 2.62. The van der Waals surface area contributed by atoms with Gasteiger partial charge in [0, 0.05) is 25.7 Å². The van der Waals surface area contributed by atoms with Gasteiger partial charge in [0.25, 0.3) is 0 Å². The van der Waals surface area contributed by atoms with E-state index in [0.29, 0.717) is 0 Å². The molecule has 2 aliphatic rings. The third kappa shape index (κ3) is 2.00. The van der Waals surface area contributed by atoms with E-state index >= 15 is 0 Å². The lowest BCUT2D eigenvalue weighted by atomic mass is 10.1. The molecule has 0 radical (unpaired) electrons. The summed E-state index contributed by atoms with van der Waals surface area (Å²) in [7, 11) is 0. The second-order valence-corrected chi connectivity index (χ2v) is 5.00. The standard InChI is InChI=1S/C14H20N2/c1-2-16(14-5-6-14)10-11-3-4-12-8-15-9-13(12)7-11/h3-4,7,14-15H,2,5-6,8-10H2,1H3. The highest BCUT2D eigenvalue weighted by atomic mass is 15.2. The molecule has 16 heavy (non-hydrogen) atoms. The van der Waals surface area contributed by atoms with Gasteiger partial charge in [0.2, 0.25) is 0 Å². The number of rotatable bonds is 4. The van der Waals surface area contributed by atoms with Crippen molar-refractivity contribution < 1.29 is 0 Å². The zero-order valence-electron chi connectivity index (χ0n) is 10.00. The number of nitrogens with one attached hydrogen (secondary N) is 1.